The summed E-state index contributed by atoms with van der Waals surface area (Å²) in [7, 11) is 0. The maximum Gasteiger partial charge on any atom is 0.236 e. The average molecular weight is 358 g/mol. The summed E-state index contributed by atoms with van der Waals surface area (Å²) >= 11 is 0. The first kappa shape index (κ1) is 17.9. The molecule has 2 aromatic carbocycles. The summed E-state index contributed by atoms with van der Waals surface area (Å²) in [5, 5.41) is 26.3. The third-order valence-electron chi connectivity index (χ3n) is 3.94. The minimum absolute atomic E-state index is 0.126. The zero-order valence-corrected chi connectivity index (χ0v) is 14.3. The van der Waals surface area contributed by atoms with Crippen LogP contribution in [0, 0.1) is 12.7 Å². The molecule has 136 valence electrons. The number of anilines is 1. The van der Waals surface area contributed by atoms with Crippen LogP contribution in [0.4, 0.5) is 10.1 Å². The van der Waals surface area contributed by atoms with E-state index in [0.29, 0.717) is 28.3 Å². The molecular weight excluding hydrogens is 339 g/mol. The third-order valence-corrected chi connectivity index (χ3v) is 3.94. The lowest BCUT2D eigenvalue weighted by Crippen LogP contribution is -2.24. The van der Waals surface area contributed by atoms with E-state index in [9.17, 15) is 14.6 Å². The van der Waals surface area contributed by atoms with Crippen molar-refractivity contribution in [2.24, 2.45) is 0 Å². The minimum atomic E-state index is -1.40. The molecule has 0 aliphatic carbocycles. The van der Waals surface area contributed by atoms with Gasteiger partial charge in [0.1, 0.15) is 22.9 Å². The number of phenolic OH excluding ortho intramolecular Hbond substituents is 1. The van der Waals surface area contributed by atoms with Crippen LogP contribution in [0.1, 0.15) is 24.3 Å². The molecule has 7 heteroatoms. The van der Waals surface area contributed by atoms with E-state index in [0.717, 1.165) is 0 Å². The van der Waals surface area contributed by atoms with Crippen molar-refractivity contribution in [2.75, 3.05) is 5.32 Å². The van der Waals surface area contributed by atoms with Gasteiger partial charge in [-0.1, -0.05) is 23.4 Å². The summed E-state index contributed by atoms with van der Waals surface area (Å²) in [5.41, 5.74) is 1.98. The Morgan fingerprint density at radius 1 is 1.15 bits per heavy atom. The number of phenols is 1. The van der Waals surface area contributed by atoms with Crippen LogP contribution in [0.5, 0.6) is 5.75 Å². The molecule has 0 aliphatic heterocycles. The molecule has 0 saturated carbocycles. The molecule has 0 radical (unpaired) electrons. The quantitative estimate of drug-likeness (QED) is 0.578. The first-order valence-electron chi connectivity index (χ1n) is 8.06. The summed E-state index contributed by atoms with van der Waals surface area (Å²) < 4.78 is 24.6. The Bertz CT molecular complexity index is 880. The molecule has 0 aliphatic rings. The molecule has 0 bridgehead atoms. The highest BCUT2D eigenvalue weighted by Gasteiger charge is 2.20. The van der Waals surface area contributed by atoms with Gasteiger partial charge in [-0.25, -0.2) is 4.39 Å². The lowest BCUT2D eigenvalue weighted by atomic mass is 10.1. The number of aryl methyl sites for hydroxylation is 1. The van der Waals surface area contributed by atoms with Crippen LogP contribution < -0.4 is 5.32 Å². The Balaban J connectivity index is 1.75. The van der Waals surface area contributed by atoms with Crippen LogP contribution in [0.25, 0.3) is 11.3 Å². The summed E-state index contributed by atoms with van der Waals surface area (Å²) in [6, 6.07) is 12.6. The standard InChI is InChI=1S/C19H19FN2O4/c1-11-17(18(26-22-11)13-7-9-14(23)10-8-13)21-19(24)25-12(2)15-5-3-4-6-16(15)20/h3-10,12,19,21,23-24H,1-2H3. The zero-order valence-electron chi connectivity index (χ0n) is 14.3. The maximum absolute atomic E-state index is 13.8. The number of halogens is 1. The number of aliphatic hydroxyl groups excluding tert-OH is 1. The van der Waals surface area contributed by atoms with Crippen molar-refractivity contribution in [1.82, 2.24) is 5.16 Å². The molecule has 6 nitrogen and oxygen atoms in total. The first-order chi connectivity index (χ1) is 12.5. The summed E-state index contributed by atoms with van der Waals surface area (Å²) in [6.45, 7) is 3.35. The molecule has 0 amide bonds. The van der Waals surface area contributed by atoms with Gasteiger partial charge in [0.25, 0.3) is 0 Å². The van der Waals surface area contributed by atoms with E-state index in [-0.39, 0.29) is 5.75 Å². The highest BCUT2D eigenvalue weighted by molar-refractivity contribution is 5.74. The largest absolute Gasteiger partial charge is 0.508 e. The number of aromatic nitrogens is 1. The van der Waals surface area contributed by atoms with Gasteiger partial charge >= 0.3 is 0 Å². The van der Waals surface area contributed by atoms with Crippen LogP contribution in [0.3, 0.4) is 0 Å². The Hall–Kier alpha value is -2.90. The molecule has 0 fully saturated rings. The average Bonchev–Trinajstić information content (AvgIpc) is 2.96. The number of hydrogen-bond donors (Lipinski definition) is 3. The van der Waals surface area contributed by atoms with Gasteiger partial charge in [0.15, 0.2) is 5.76 Å². The number of rotatable bonds is 6. The van der Waals surface area contributed by atoms with E-state index in [2.05, 4.69) is 10.5 Å². The monoisotopic (exact) mass is 358 g/mol. The van der Waals surface area contributed by atoms with E-state index in [4.69, 9.17) is 9.26 Å². The van der Waals surface area contributed by atoms with Crippen LogP contribution in [-0.4, -0.2) is 21.8 Å². The number of aliphatic hydroxyl groups is 1. The molecule has 26 heavy (non-hydrogen) atoms. The summed E-state index contributed by atoms with van der Waals surface area (Å²) in [5.74, 6) is 0.114. The molecule has 1 aromatic heterocycles. The predicted octanol–water partition coefficient (Wildman–Crippen LogP) is 3.96. The lowest BCUT2D eigenvalue weighted by molar-refractivity contribution is -0.114. The van der Waals surface area contributed by atoms with Crippen molar-refractivity contribution in [2.45, 2.75) is 26.4 Å². The second kappa shape index (κ2) is 7.55. The number of ether oxygens (including phenoxy) is 1. The number of aromatic hydroxyl groups is 1. The van der Waals surface area contributed by atoms with E-state index in [1.165, 1.54) is 18.2 Å². The van der Waals surface area contributed by atoms with Crippen molar-refractivity contribution in [3.05, 3.63) is 65.6 Å². The van der Waals surface area contributed by atoms with Crippen molar-refractivity contribution >= 4 is 5.69 Å². The number of nitrogens with one attached hydrogen (secondary N) is 1. The zero-order chi connectivity index (χ0) is 18.7. The van der Waals surface area contributed by atoms with Crippen LogP contribution >= 0.6 is 0 Å². The topological polar surface area (TPSA) is 87.8 Å². The van der Waals surface area contributed by atoms with Gasteiger partial charge in [0.2, 0.25) is 6.41 Å². The SMILES string of the molecule is Cc1noc(-c2ccc(O)cc2)c1NC(O)OC(C)c1ccccc1F. The van der Waals surface area contributed by atoms with Crippen molar-refractivity contribution < 1.29 is 23.9 Å². The minimum Gasteiger partial charge on any atom is -0.508 e. The molecule has 2 atom stereocenters. The maximum atomic E-state index is 13.8. The Morgan fingerprint density at radius 3 is 2.54 bits per heavy atom. The van der Waals surface area contributed by atoms with E-state index < -0.39 is 18.3 Å². The highest BCUT2D eigenvalue weighted by atomic mass is 19.1. The van der Waals surface area contributed by atoms with Gasteiger partial charge in [-0.05, 0) is 44.2 Å². The van der Waals surface area contributed by atoms with Gasteiger partial charge in [0.05, 0.1) is 6.10 Å². The fraction of sp³-hybridized carbons (Fsp3) is 0.211. The molecule has 0 spiro atoms. The Kier molecular flexibility index (Phi) is 5.20. The molecule has 3 aromatic rings. The summed E-state index contributed by atoms with van der Waals surface area (Å²) in [4.78, 5) is 0. The van der Waals surface area contributed by atoms with E-state index >= 15 is 0 Å². The van der Waals surface area contributed by atoms with Gasteiger partial charge in [0, 0.05) is 11.1 Å². The Morgan fingerprint density at radius 2 is 1.85 bits per heavy atom. The molecule has 0 saturated heterocycles. The first-order valence-corrected chi connectivity index (χ1v) is 8.06. The predicted molar refractivity (Wildman–Crippen MR) is 93.9 cm³/mol. The Labute approximate surface area is 149 Å². The lowest BCUT2D eigenvalue weighted by Gasteiger charge is -2.20. The summed E-state index contributed by atoms with van der Waals surface area (Å²) in [6.07, 6.45) is -2.07. The fourth-order valence-corrected chi connectivity index (χ4v) is 2.58. The molecule has 1 heterocycles. The highest BCUT2D eigenvalue weighted by Crippen LogP contribution is 2.32. The van der Waals surface area contributed by atoms with Crippen molar-refractivity contribution in [3.8, 4) is 17.1 Å². The van der Waals surface area contributed by atoms with E-state index in [1.807, 2.05) is 0 Å². The molecule has 3 rings (SSSR count). The number of benzene rings is 2. The van der Waals surface area contributed by atoms with E-state index in [1.54, 1.807) is 44.2 Å². The van der Waals surface area contributed by atoms with Crippen LogP contribution in [0.2, 0.25) is 0 Å². The molecule has 3 N–H and O–H groups in total. The third kappa shape index (κ3) is 3.84. The van der Waals surface area contributed by atoms with Crippen molar-refractivity contribution in [1.29, 1.82) is 0 Å². The van der Waals surface area contributed by atoms with Crippen LogP contribution in [0.15, 0.2) is 53.1 Å². The second-order valence-electron chi connectivity index (χ2n) is 5.82. The van der Waals surface area contributed by atoms with Gasteiger partial charge in [-0.15, -0.1) is 0 Å². The fourth-order valence-electron chi connectivity index (χ4n) is 2.58. The normalized spacial score (nSPS) is 13.4. The molecule has 2 unspecified atom stereocenters. The van der Waals surface area contributed by atoms with Gasteiger partial charge in [-0.3, -0.25) is 0 Å². The number of nitrogens with zero attached hydrogens (tertiary/aromatic N) is 1. The smallest absolute Gasteiger partial charge is 0.236 e. The van der Waals surface area contributed by atoms with Crippen LogP contribution in [-0.2, 0) is 4.74 Å². The second-order valence-corrected chi connectivity index (χ2v) is 5.82. The van der Waals surface area contributed by atoms with Crippen molar-refractivity contribution in [3.63, 3.8) is 0 Å². The van der Waals surface area contributed by atoms with Gasteiger partial charge < -0.3 is 24.8 Å². The number of hydrogen-bond acceptors (Lipinski definition) is 6. The molecular formula is C19H19FN2O4. The van der Waals surface area contributed by atoms with Gasteiger partial charge in [-0.2, -0.15) is 0 Å².